The Kier molecular flexibility index (Phi) is 6.06. The molecule has 0 spiro atoms. The minimum absolute atomic E-state index is 0.190. The summed E-state index contributed by atoms with van der Waals surface area (Å²) in [5, 5.41) is 0.598. The molecule has 4 rings (SSSR count). The van der Waals surface area contributed by atoms with Crippen molar-refractivity contribution < 1.29 is 18.6 Å². The summed E-state index contributed by atoms with van der Waals surface area (Å²) in [6.07, 6.45) is 8.26. The van der Waals surface area contributed by atoms with E-state index in [1.807, 2.05) is 25.1 Å². The van der Waals surface area contributed by atoms with E-state index in [4.69, 9.17) is 32.2 Å². The SMILES string of the molecule is C#CC(C)(CCCc1ccc(F)c(Oc2ccc(Cl)cc2)c1)c1ccc2c(c1)OCO2. The van der Waals surface area contributed by atoms with Crippen molar-refractivity contribution in [1.82, 2.24) is 0 Å². The molecular weight excluding hydrogens is 415 g/mol. The second-order valence-electron chi connectivity index (χ2n) is 7.72. The molecule has 0 amide bonds. The second-order valence-corrected chi connectivity index (χ2v) is 8.16. The van der Waals surface area contributed by atoms with Crippen molar-refractivity contribution in [2.45, 2.75) is 31.6 Å². The molecule has 1 atom stereocenters. The Balaban J connectivity index is 1.42. The van der Waals surface area contributed by atoms with Crippen LogP contribution in [-0.4, -0.2) is 6.79 Å². The average molecular weight is 437 g/mol. The summed E-state index contributed by atoms with van der Waals surface area (Å²) in [6.45, 7) is 2.28. The predicted octanol–water partition coefficient (Wildman–Crippen LogP) is 6.91. The van der Waals surface area contributed by atoms with Gasteiger partial charge >= 0.3 is 0 Å². The third-order valence-corrected chi connectivity index (χ3v) is 5.76. The van der Waals surface area contributed by atoms with Gasteiger partial charge in [-0.25, -0.2) is 4.39 Å². The molecule has 1 unspecified atom stereocenters. The number of hydrogen-bond donors (Lipinski definition) is 0. The molecule has 31 heavy (non-hydrogen) atoms. The fraction of sp³-hybridized carbons (Fsp3) is 0.231. The van der Waals surface area contributed by atoms with Gasteiger partial charge in [0, 0.05) is 5.02 Å². The zero-order valence-corrected chi connectivity index (χ0v) is 17.9. The average Bonchev–Trinajstić information content (AvgIpc) is 3.25. The molecule has 158 valence electrons. The van der Waals surface area contributed by atoms with Crippen LogP contribution in [0.15, 0.2) is 60.7 Å². The minimum atomic E-state index is -0.441. The summed E-state index contributed by atoms with van der Waals surface area (Å²) < 4.78 is 30.8. The zero-order chi connectivity index (χ0) is 21.8. The van der Waals surface area contributed by atoms with Crippen molar-refractivity contribution in [1.29, 1.82) is 0 Å². The molecule has 1 heterocycles. The van der Waals surface area contributed by atoms with Crippen LogP contribution in [0.1, 0.15) is 30.9 Å². The first kappa shape index (κ1) is 21.1. The fourth-order valence-electron chi connectivity index (χ4n) is 3.60. The van der Waals surface area contributed by atoms with Gasteiger partial charge in [0.25, 0.3) is 0 Å². The van der Waals surface area contributed by atoms with Crippen LogP contribution in [0, 0.1) is 18.2 Å². The summed E-state index contributed by atoms with van der Waals surface area (Å²) >= 11 is 5.89. The van der Waals surface area contributed by atoms with E-state index in [1.165, 1.54) is 6.07 Å². The number of aryl methyl sites for hydroxylation is 1. The van der Waals surface area contributed by atoms with Gasteiger partial charge in [-0.1, -0.05) is 29.7 Å². The van der Waals surface area contributed by atoms with Gasteiger partial charge in [0.05, 0.1) is 5.41 Å². The summed E-state index contributed by atoms with van der Waals surface area (Å²) in [5.41, 5.74) is 1.56. The van der Waals surface area contributed by atoms with Gasteiger partial charge in [0.1, 0.15) is 5.75 Å². The molecule has 0 saturated heterocycles. The van der Waals surface area contributed by atoms with Crippen LogP contribution in [0.25, 0.3) is 0 Å². The van der Waals surface area contributed by atoms with Crippen LogP contribution in [0.4, 0.5) is 4.39 Å². The molecular formula is C26H22ClFO3. The van der Waals surface area contributed by atoms with Crippen LogP contribution in [-0.2, 0) is 11.8 Å². The standard InChI is InChI=1S/C26H22ClFO3/c1-3-26(2,19-7-13-23-25(16-19)30-17-29-23)14-4-5-18-6-12-22(28)24(15-18)31-21-10-8-20(27)9-11-21/h1,6-13,15-16H,4-5,14,17H2,2H3. The van der Waals surface area contributed by atoms with E-state index in [0.29, 0.717) is 10.8 Å². The van der Waals surface area contributed by atoms with E-state index in [1.54, 1.807) is 36.4 Å². The predicted molar refractivity (Wildman–Crippen MR) is 120 cm³/mol. The largest absolute Gasteiger partial charge is 0.454 e. The Bertz CT molecular complexity index is 1120. The molecule has 0 aromatic heterocycles. The van der Waals surface area contributed by atoms with Crippen molar-refractivity contribution >= 4 is 11.6 Å². The number of halogens is 2. The van der Waals surface area contributed by atoms with E-state index < -0.39 is 11.2 Å². The number of rotatable bonds is 7. The maximum atomic E-state index is 14.2. The first-order chi connectivity index (χ1) is 15.0. The molecule has 1 aliphatic rings. The molecule has 3 nitrogen and oxygen atoms in total. The van der Waals surface area contributed by atoms with Crippen molar-refractivity contribution in [3.63, 3.8) is 0 Å². The van der Waals surface area contributed by atoms with Crippen molar-refractivity contribution in [3.8, 4) is 35.3 Å². The molecule has 0 aliphatic carbocycles. The first-order valence-corrected chi connectivity index (χ1v) is 10.4. The van der Waals surface area contributed by atoms with Crippen LogP contribution < -0.4 is 14.2 Å². The van der Waals surface area contributed by atoms with E-state index in [9.17, 15) is 4.39 Å². The molecule has 1 aliphatic heterocycles. The summed E-state index contributed by atoms with van der Waals surface area (Å²) in [7, 11) is 0. The maximum Gasteiger partial charge on any atom is 0.231 e. The molecule has 0 radical (unpaired) electrons. The van der Waals surface area contributed by atoms with E-state index in [0.717, 1.165) is 41.9 Å². The van der Waals surface area contributed by atoms with Gasteiger partial charge in [-0.2, -0.15) is 0 Å². The lowest BCUT2D eigenvalue weighted by molar-refractivity contribution is 0.174. The zero-order valence-electron chi connectivity index (χ0n) is 17.2. The quantitative estimate of drug-likeness (QED) is 0.376. The lowest BCUT2D eigenvalue weighted by Crippen LogP contribution is -2.19. The molecule has 0 N–H and O–H groups in total. The van der Waals surface area contributed by atoms with E-state index in [-0.39, 0.29) is 12.5 Å². The molecule has 0 fully saturated rings. The van der Waals surface area contributed by atoms with Crippen LogP contribution in [0.2, 0.25) is 5.02 Å². The normalized spacial score (nSPS) is 14.0. The molecule has 3 aromatic rings. The van der Waals surface area contributed by atoms with Gasteiger partial charge < -0.3 is 14.2 Å². The Hall–Kier alpha value is -3.16. The monoisotopic (exact) mass is 436 g/mol. The van der Waals surface area contributed by atoms with Gasteiger partial charge in [0.2, 0.25) is 6.79 Å². The second kappa shape index (κ2) is 8.91. The number of benzene rings is 3. The molecule has 5 heteroatoms. The highest BCUT2D eigenvalue weighted by molar-refractivity contribution is 6.30. The van der Waals surface area contributed by atoms with Crippen LogP contribution in [0.3, 0.4) is 0 Å². The smallest absolute Gasteiger partial charge is 0.231 e. The Morgan fingerprint density at radius 3 is 2.61 bits per heavy atom. The topological polar surface area (TPSA) is 27.7 Å². The first-order valence-electron chi connectivity index (χ1n) is 10.1. The Morgan fingerprint density at radius 2 is 1.84 bits per heavy atom. The van der Waals surface area contributed by atoms with E-state index >= 15 is 0 Å². The summed E-state index contributed by atoms with van der Waals surface area (Å²) in [5.74, 6) is 4.71. The van der Waals surface area contributed by atoms with Gasteiger partial charge in [-0.15, -0.1) is 6.42 Å². The highest BCUT2D eigenvalue weighted by atomic mass is 35.5. The number of ether oxygens (including phenoxy) is 3. The van der Waals surface area contributed by atoms with Crippen molar-refractivity contribution in [2.24, 2.45) is 0 Å². The Labute approximate surface area is 186 Å². The van der Waals surface area contributed by atoms with Crippen LogP contribution >= 0.6 is 11.6 Å². The maximum absolute atomic E-state index is 14.2. The summed E-state index contributed by atoms with van der Waals surface area (Å²) in [6, 6.07) is 17.6. The number of hydrogen-bond acceptors (Lipinski definition) is 3. The highest BCUT2D eigenvalue weighted by Crippen LogP contribution is 2.38. The Morgan fingerprint density at radius 1 is 1.06 bits per heavy atom. The van der Waals surface area contributed by atoms with Crippen molar-refractivity contribution in [3.05, 3.63) is 82.6 Å². The summed E-state index contributed by atoms with van der Waals surface area (Å²) in [4.78, 5) is 0. The number of terminal acetylenes is 1. The third-order valence-electron chi connectivity index (χ3n) is 5.51. The van der Waals surface area contributed by atoms with Crippen molar-refractivity contribution in [2.75, 3.05) is 6.79 Å². The number of fused-ring (bicyclic) bond motifs is 1. The molecule has 0 saturated carbocycles. The van der Waals surface area contributed by atoms with E-state index in [2.05, 4.69) is 5.92 Å². The molecule has 3 aromatic carbocycles. The van der Waals surface area contributed by atoms with Gasteiger partial charge in [-0.3, -0.25) is 0 Å². The highest BCUT2D eigenvalue weighted by Gasteiger charge is 2.26. The van der Waals surface area contributed by atoms with Gasteiger partial charge in [0.15, 0.2) is 23.1 Å². The lowest BCUT2D eigenvalue weighted by Gasteiger charge is -2.24. The fourth-order valence-corrected chi connectivity index (χ4v) is 3.72. The molecule has 0 bridgehead atoms. The van der Waals surface area contributed by atoms with Crippen LogP contribution in [0.5, 0.6) is 23.0 Å². The third kappa shape index (κ3) is 4.78. The minimum Gasteiger partial charge on any atom is -0.454 e. The lowest BCUT2D eigenvalue weighted by atomic mass is 9.78. The van der Waals surface area contributed by atoms with Gasteiger partial charge in [-0.05, 0) is 85.8 Å².